The van der Waals surface area contributed by atoms with Crippen LogP contribution in [-0.2, 0) is 5.41 Å². The van der Waals surface area contributed by atoms with Gasteiger partial charge in [-0.2, -0.15) is 0 Å². The minimum atomic E-state index is -0.272. The Bertz CT molecular complexity index is 918. The summed E-state index contributed by atoms with van der Waals surface area (Å²) < 4.78 is 5.33. The van der Waals surface area contributed by atoms with E-state index in [-0.39, 0.29) is 11.2 Å². The van der Waals surface area contributed by atoms with E-state index in [9.17, 15) is 4.79 Å². The Labute approximate surface area is 128 Å². The van der Waals surface area contributed by atoms with Gasteiger partial charge in [-0.15, -0.1) is 0 Å². The highest BCUT2D eigenvalue weighted by Gasteiger charge is 2.39. The highest BCUT2D eigenvalue weighted by molar-refractivity contribution is 6.20. The fraction of sp³-hybridized carbons (Fsp3) is 0.211. The monoisotopic (exact) mass is 291 g/mol. The molecular weight excluding hydrogens is 274 g/mol. The molecule has 1 heterocycles. The van der Waals surface area contributed by atoms with Gasteiger partial charge in [-0.3, -0.25) is 4.79 Å². The van der Waals surface area contributed by atoms with Crippen LogP contribution in [0.1, 0.15) is 41.0 Å². The second-order valence-electron chi connectivity index (χ2n) is 6.29. The molecule has 0 aliphatic heterocycles. The van der Waals surface area contributed by atoms with Gasteiger partial charge in [0.15, 0.2) is 5.78 Å². The fourth-order valence-electron chi connectivity index (χ4n) is 3.48. The van der Waals surface area contributed by atoms with Crippen LogP contribution in [0.15, 0.2) is 42.5 Å². The Kier molecular flexibility index (Phi) is 2.52. The second-order valence-corrected chi connectivity index (χ2v) is 6.29. The lowest BCUT2D eigenvalue weighted by molar-refractivity contribution is 0.103. The molecule has 0 fully saturated rings. The van der Waals surface area contributed by atoms with Crippen molar-refractivity contribution in [3.63, 3.8) is 0 Å². The van der Waals surface area contributed by atoms with Gasteiger partial charge < -0.3 is 9.72 Å². The van der Waals surface area contributed by atoms with Crippen molar-refractivity contribution in [3.8, 4) is 5.75 Å². The fourth-order valence-corrected chi connectivity index (χ4v) is 3.48. The molecule has 0 saturated heterocycles. The number of H-pyrrole nitrogens is 1. The smallest absolute Gasteiger partial charge is 0.195 e. The zero-order valence-corrected chi connectivity index (χ0v) is 12.9. The molecule has 2 aromatic carbocycles. The van der Waals surface area contributed by atoms with E-state index in [0.29, 0.717) is 0 Å². The van der Waals surface area contributed by atoms with Gasteiger partial charge in [-0.25, -0.2) is 0 Å². The van der Waals surface area contributed by atoms with E-state index in [4.69, 9.17) is 4.74 Å². The summed E-state index contributed by atoms with van der Waals surface area (Å²) in [5.74, 6) is 0.864. The third-order valence-corrected chi connectivity index (χ3v) is 4.70. The number of methoxy groups -OCH3 is 1. The largest absolute Gasteiger partial charge is 0.497 e. The number of carbonyl (C=O) groups excluding carboxylic acids is 1. The number of fused-ring (bicyclic) bond motifs is 4. The zero-order valence-electron chi connectivity index (χ0n) is 12.9. The molecule has 0 amide bonds. The molecule has 0 unspecified atom stereocenters. The molecule has 1 aliphatic rings. The number of ether oxygens (including phenoxy) is 1. The topological polar surface area (TPSA) is 42.1 Å². The summed E-state index contributed by atoms with van der Waals surface area (Å²) in [6.07, 6.45) is 0. The number of aromatic nitrogens is 1. The Morgan fingerprint density at radius 3 is 2.64 bits per heavy atom. The first-order chi connectivity index (χ1) is 10.5. The lowest BCUT2D eigenvalue weighted by Crippen LogP contribution is -2.30. The molecule has 3 nitrogen and oxygen atoms in total. The van der Waals surface area contributed by atoms with Crippen molar-refractivity contribution in [1.82, 2.24) is 4.98 Å². The van der Waals surface area contributed by atoms with Crippen LogP contribution in [0, 0.1) is 0 Å². The van der Waals surface area contributed by atoms with E-state index < -0.39 is 0 Å². The van der Waals surface area contributed by atoms with Gasteiger partial charge in [-0.05, 0) is 29.8 Å². The van der Waals surface area contributed by atoms with E-state index in [1.165, 1.54) is 0 Å². The van der Waals surface area contributed by atoms with Gasteiger partial charge in [0, 0.05) is 27.6 Å². The third-order valence-electron chi connectivity index (χ3n) is 4.70. The molecule has 0 bridgehead atoms. The molecule has 3 aromatic rings. The van der Waals surface area contributed by atoms with Crippen molar-refractivity contribution < 1.29 is 9.53 Å². The van der Waals surface area contributed by atoms with Crippen LogP contribution in [0.3, 0.4) is 0 Å². The van der Waals surface area contributed by atoms with E-state index in [1.54, 1.807) is 7.11 Å². The molecule has 0 saturated carbocycles. The molecule has 4 rings (SSSR count). The van der Waals surface area contributed by atoms with Crippen molar-refractivity contribution in [1.29, 1.82) is 0 Å². The Morgan fingerprint density at radius 1 is 1.09 bits per heavy atom. The number of benzene rings is 2. The first-order valence-corrected chi connectivity index (χ1v) is 7.38. The van der Waals surface area contributed by atoms with Gasteiger partial charge >= 0.3 is 0 Å². The summed E-state index contributed by atoms with van der Waals surface area (Å²) in [6, 6.07) is 13.7. The number of nitrogens with one attached hydrogen (secondary N) is 1. The van der Waals surface area contributed by atoms with Gasteiger partial charge in [0.1, 0.15) is 5.75 Å². The highest BCUT2D eigenvalue weighted by Crippen LogP contribution is 2.44. The summed E-state index contributed by atoms with van der Waals surface area (Å²) in [6.45, 7) is 4.29. The molecular formula is C19H17NO2. The van der Waals surface area contributed by atoms with Crippen molar-refractivity contribution in [2.45, 2.75) is 19.3 Å². The quantitative estimate of drug-likeness (QED) is 0.735. The Balaban J connectivity index is 2.08. The van der Waals surface area contributed by atoms with Crippen molar-refractivity contribution in [2.24, 2.45) is 0 Å². The molecule has 0 radical (unpaired) electrons. The summed E-state index contributed by atoms with van der Waals surface area (Å²) in [7, 11) is 1.65. The summed E-state index contributed by atoms with van der Waals surface area (Å²) in [4.78, 5) is 16.5. The number of ketones is 1. The summed E-state index contributed by atoms with van der Waals surface area (Å²) in [5.41, 5.74) is 4.30. The average molecular weight is 291 g/mol. The predicted molar refractivity (Wildman–Crippen MR) is 86.9 cm³/mol. The molecule has 0 spiro atoms. The van der Waals surface area contributed by atoms with E-state index in [2.05, 4.69) is 18.8 Å². The molecule has 1 aromatic heterocycles. The van der Waals surface area contributed by atoms with Gasteiger partial charge in [0.2, 0.25) is 0 Å². The lowest BCUT2D eigenvalue weighted by atomic mass is 9.71. The normalized spacial score (nSPS) is 15.5. The first kappa shape index (κ1) is 13.1. The standard InChI is InChI=1S/C19H17NO2/c1-19(2)14-10-11(22-3)8-9-12(14)17(21)16-13-6-4-5-7-15(13)20-18(16)19/h4-10,20H,1-3H3. The maximum absolute atomic E-state index is 13.0. The highest BCUT2D eigenvalue weighted by atomic mass is 16.5. The maximum Gasteiger partial charge on any atom is 0.195 e. The van der Waals surface area contributed by atoms with Gasteiger partial charge in [0.25, 0.3) is 0 Å². The second kappa shape index (κ2) is 4.23. The van der Waals surface area contributed by atoms with Crippen LogP contribution in [-0.4, -0.2) is 17.9 Å². The van der Waals surface area contributed by atoms with Crippen molar-refractivity contribution in [3.05, 3.63) is 64.8 Å². The molecule has 1 aliphatic carbocycles. The Hall–Kier alpha value is -2.55. The number of carbonyl (C=O) groups is 1. The lowest BCUT2D eigenvalue weighted by Gasteiger charge is -2.32. The number of hydrogen-bond donors (Lipinski definition) is 1. The van der Waals surface area contributed by atoms with E-state index >= 15 is 0 Å². The summed E-state index contributed by atoms with van der Waals surface area (Å²) >= 11 is 0. The van der Waals surface area contributed by atoms with Gasteiger partial charge in [0.05, 0.1) is 12.7 Å². The van der Waals surface area contributed by atoms with E-state index in [0.717, 1.165) is 39.0 Å². The zero-order chi connectivity index (χ0) is 15.5. The SMILES string of the molecule is COc1ccc2c(c1)C(C)(C)c1[nH]c3ccccc3c1C2=O. The minimum absolute atomic E-state index is 0.0874. The van der Waals surface area contributed by atoms with Crippen LogP contribution in [0.25, 0.3) is 10.9 Å². The number of rotatable bonds is 1. The van der Waals surface area contributed by atoms with Crippen molar-refractivity contribution in [2.75, 3.05) is 7.11 Å². The number of para-hydroxylation sites is 1. The maximum atomic E-state index is 13.0. The third kappa shape index (κ3) is 1.54. The first-order valence-electron chi connectivity index (χ1n) is 7.38. The minimum Gasteiger partial charge on any atom is -0.497 e. The molecule has 3 heteroatoms. The molecule has 1 N–H and O–H groups in total. The van der Waals surface area contributed by atoms with Gasteiger partial charge in [-0.1, -0.05) is 32.0 Å². The Morgan fingerprint density at radius 2 is 1.86 bits per heavy atom. The van der Waals surface area contributed by atoms with Crippen LogP contribution in [0.4, 0.5) is 0 Å². The number of aromatic amines is 1. The van der Waals surface area contributed by atoms with Crippen LogP contribution < -0.4 is 4.74 Å². The predicted octanol–water partition coefficient (Wildman–Crippen LogP) is 4.05. The summed E-state index contributed by atoms with van der Waals surface area (Å²) in [5, 5.41) is 0.997. The average Bonchev–Trinajstić information content (AvgIpc) is 2.93. The van der Waals surface area contributed by atoms with Crippen LogP contribution in [0.2, 0.25) is 0 Å². The van der Waals surface area contributed by atoms with Crippen molar-refractivity contribution >= 4 is 16.7 Å². The van der Waals surface area contributed by atoms with E-state index in [1.807, 2.05) is 42.5 Å². The molecule has 22 heavy (non-hydrogen) atoms. The van der Waals surface area contributed by atoms with Crippen LogP contribution >= 0.6 is 0 Å². The van der Waals surface area contributed by atoms with Crippen LogP contribution in [0.5, 0.6) is 5.75 Å². The number of hydrogen-bond acceptors (Lipinski definition) is 2. The molecule has 0 atom stereocenters. The molecule has 110 valence electrons.